The largest absolute Gasteiger partial charge is 0.465 e. The first-order valence-electron chi connectivity index (χ1n) is 10.5. The average Bonchev–Trinajstić information content (AvgIpc) is 3.13. The molecule has 9 heteroatoms. The Balaban J connectivity index is 1.90. The average molecular weight is 497 g/mol. The van der Waals surface area contributed by atoms with Crippen molar-refractivity contribution in [2.45, 2.75) is 19.9 Å². The number of hydrogen-bond acceptors (Lipinski definition) is 7. The molecule has 0 radical (unpaired) electrons. The SMILES string of the molecule is CCOC(=O)C1=C(C)N=c2s/c(=C/c3ccc(C(=O)OC)cc3)c(=O)n2[C@H]1c1ccccc1Cl. The molecule has 1 aliphatic heterocycles. The highest BCUT2D eigenvalue weighted by atomic mass is 35.5. The number of esters is 2. The molecule has 2 heterocycles. The standard InChI is InChI=1S/C25H21ClN2O5S/c1-4-33-24(31)20-14(2)27-25-28(21(20)17-7-5-6-8-18(17)26)22(29)19(34-25)13-15-9-11-16(12-10-15)23(30)32-3/h5-13,21H,4H2,1-3H3/b19-13+/t21-/m0/s1. The fourth-order valence-electron chi connectivity index (χ4n) is 3.77. The van der Waals surface area contributed by atoms with E-state index in [2.05, 4.69) is 4.99 Å². The maximum atomic E-state index is 13.6. The van der Waals surface area contributed by atoms with Gasteiger partial charge in [-0.05, 0) is 49.2 Å². The lowest BCUT2D eigenvalue weighted by Crippen LogP contribution is -2.40. The van der Waals surface area contributed by atoms with Gasteiger partial charge < -0.3 is 9.47 Å². The molecule has 0 fully saturated rings. The minimum Gasteiger partial charge on any atom is -0.465 e. The van der Waals surface area contributed by atoms with Gasteiger partial charge in [0.15, 0.2) is 4.80 Å². The van der Waals surface area contributed by atoms with Gasteiger partial charge >= 0.3 is 11.9 Å². The van der Waals surface area contributed by atoms with E-state index < -0.39 is 18.0 Å². The Labute approximate surface area is 204 Å². The maximum absolute atomic E-state index is 13.6. The van der Waals surface area contributed by atoms with E-state index in [-0.39, 0.29) is 17.7 Å². The lowest BCUT2D eigenvalue weighted by Gasteiger charge is -2.25. The fraction of sp³-hybridized carbons (Fsp3) is 0.200. The van der Waals surface area contributed by atoms with E-state index in [4.69, 9.17) is 21.1 Å². The van der Waals surface area contributed by atoms with E-state index in [9.17, 15) is 14.4 Å². The van der Waals surface area contributed by atoms with Crippen molar-refractivity contribution >= 4 is 41.0 Å². The molecule has 174 valence electrons. The molecule has 0 saturated heterocycles. The molecule has 1 aliphatic rings. The van der Waals surface area contributed by atoms with Gasteiger partial charge in [-0.1, -0.05) is 53.3 Å². The smallest absolute Gasteiger partial charge is 0.338 e. The number of aromatic nitrogens is 1. The molecule has 0 unspecified atom stereocenters. The molecule has 1 atom stereocenters. The second-order valence-electron chi connectivity index (χ2n) is 7.44. The van der Waals surface area contributed by atoms with Gasteiger partial charge in [0, 0.05) is 5.02 Å². The number of fused-ring (bicyclic) bond motifs is 1. The van der Waals surface area contributed by atoms with E-state index >= 15 is 0 Å². The van der Waals surface area contributed by atoms with Crippen LogP contribution in [0.4, 0.5) is 0 Å². The zero-order valence-electron chi connectivity index (χ0n) is 18.7. The number of rotatable bonds is 5. The number of nitrogens with zero attached hydrogens (tertiary/aromatic N) is 2. The Morgan fingerprint density at radius 2 is 1.85 bits per heavy atom. The van der Waals surface area contributed by atoms with Crippen LogP contribution in [0, 0.1) is 0 Å². The molecule has 4 rings (SSSR count). The van der Waals surface area contributed by atoms with Crippen molar-refractivity contribution in [3.05, 3.63) is 101 Å². The van der Waals surface area contributed by atoms with Crippen LogP contribution in [0.3, 0.4) is 0 Å². The third-order valence-corrected chi connectivity index (χ3v) is 6.67. The van der Waals surface area contributed by atoms with Crippen molar-refractivity contribution in [1.82, 2.24) is 4.57 Å². The van der Waals surface area contributed by atoms with Gasteiger partial charge in [-0.15, -0.1) is 0 Å². The first-order valence-corrected chi connectivity index (χ1v) is 11.7. The summed E-state index contributed by atoms with van der Waals surface area (Å²) in [5, 5.41) is 0.428. The summed E-state index contributed by atoms with van der Waals surface area (Å²) in [4.78, 5) is 43.1. The molecule has 0 aliphatic carbocycles. The van der Waals surface area contributed by atoms with Gasteiger partial charge in [0.2, 0.25) is 0 Å². The molecule has 0 spiro atoms. The van der Waals surface area contributed by atoms with Crippen LogP contribution >= 0.6 is 22.9 Å². The van der Waals surface area contributed by atoms with E-state index in [0.29, 0.717) is 31.2 Å². The third kappa shape index (κ3) is 4.34. The molecule has 7 nitrogen and oxygen atoms in total. The topological polar surface area (TPSA) is 87.0 Å². The van der Waals surface area contributed by atoms with Crippen LogP contribution in [0.25, 0.3) is 6.08 Å². The number of carbonyl (C=O) groups excluding carboxylic acids is 2. The second-order valence-corrected chi connectivity index (χ2v) is 8.85. The molecule has 0 saturated carbocycles. The summed E-state index contributed by atoms with van der Waals surface area (Å²) in [6.07, 6.45) is 1.72. The molecule has 3 aromatic rings. The van der Waals surface area contributed by atoms with Gasteiger partial charge in [0.25, 0.3) is 5.56 Å². The number of carbonyl (C=O) groups is 2. The number of halogens is 1. The summed E-state index contributed by atoms with van der Waals surface area (Å²) in [5.74, 6) is -0.978. The van der Waals surface area contributed by atoms with Crippen LogP contribution in [0.1, 0.15) is 41.4 Å². The molecule has 0 bridgehead atoms. The summed E-state index contributed by atoms with van der Waals surface area (Å²) in [6.45, 7) is 3.63. The fourth-order valence-corrected chi connectivity index (χ4v) is 5.05. The second kappa shape index (κ2) is 9.79. The summed E-state index contributed by atoms with van der Waals surface area (Å²) >= 11 is 7.71. The quantitative estimate of drug-likeness (QED) is 0.506. The normalized spacial score (nSPS) is 15.5. The highest BCUT2D eigenvalue weighted by molar-refractivity contribution is 7.07. The Morgan fingerprint density at radius 3 is 2.50 bits per heavy atom. The molecule has 1 aromatic heterocycles. The van der Waals surface area contributed by atoms with Crippen LogP contribution in [-0.2, 0) is 14.3 Å². The maximum Gasteiger partial charge on any atom is 0.338 e. The Kier molecular flexibility index (Phi) is 6.81. The molecule has 34 heavy (non-hydrogen) atoms. The molecule has 2 aromatic carbocycles. The van der Waals surface area contributed by atoms with Crippen molar-refractivity contribution in [2.75, 3.05) is 13.7 Å². The van der Waals surface area contributed by atoms with Crippen molar-refractivity contribution in [1.29, 1.82) is 0 Å². The highest BCUT2D eigenvalue weighted by Gasteiger charge is 2.34. The Morgan fingerprint density at radius 1 is 1.15 bits per heavy atom. The van der Waals surface area contributed by atoms with Gasteiger partial charge in [0.05, 0.1) is 35.1 Å². The summed E-state index contributed by atoms with van der Waals surface area (Å²) in [5.41, 5.74) is 2.19. The van der Waals surface area contributed by atoms with Crippen molar-refractivity contribution in [3.8, 4) is 0 Å². The van der Waals surface area contributed by atoms with Crippen LogP contribution in [-0.4, -0.2) is 30.2 Å². The van der Waals surface area contributed by atoms with Crippen LogP contribution in [0.2, 0.25) is 5.02 Å². The van der Waals surface area contributed by atoms with E-state index in [1.54, 1.807) is 68.5 Å². The van der Waals surface area contributed by atoms with Gasteiger partial charge in [-0.2, -0.15) is 0 Å². The Hall–Kier alpha value is -3.49. The third-order valence-electron chi connectivity index (χ3n) is 5.35. The summed E-state index contributed by atoms with van der Waals surface area (Å²) in [7, 11) is 1.32. The molecule has 0 N–H and O–H groups in total. The van der Waals surface area contributed by atoms with Crippen molar-refractivity contribution < 1.29 is 19.1 Å². The minimum atomic E-state index is -0.771. The number of allylic oxidation sites excluding steroid dienone is 1. The van der Waals surface area contributed by atoms with Gasteiger partial charge in [-0.25, -0.2) is 14.6 Å². The first-order chi connectivity index (χ1) is 16.3. The molecule has 0 amide bonds. The lowest BCUT2D eigenvalue weighted by molar-refractivity contribution is -0.139. The molecular formula is C25H21ClN2O5S. The first kappa shape index (κ1) is 23.7. The number of thiazole rings is 1. The zero-order valence-corrected chi connectivity index (χ0v) is 20.3. The number of methoxy groups -OCH3 is 1. The van der Waals surface area contributed by atoms with Crippen molar-refractivity contribution in [3.63, 3.8) is 0 Å². The number of benzene rings is 2. The van der Waals surface area contributed by atoms with Crippen LogP contribution in [0.5, 0.6) is 0 Å². The van der Waals surface area contributed by atoms with Crippen molar-refractivity contribution in [2.24, 2.45) is 4.99 Å². The minimum absolute atomic E-state index is 0.191. The Bertz CT molecular complexity index is 1480. The molecular weight excluding hydrogens is 476 g/mol. The van der Waals surface area contributed by atoms with E-state index in [1.807, 2.05) is 0 Å². The monoisotopic (exact) mass is 496 g/mol. The van der Waals surface area contributed by atoms with E-state index in [0.717, 1.165) is 5.56 Å². The predicted molar refractivity (Wildman–Crippen MR) is 130 cm³/mol. The predicted octanol–water partition coefficient (Wildman–Crippen LogP) is 3.24. The van der Waals surface area contributed by atoms with Crippen LogP contribution in [0.15, 0.2) is 69.6 Å². The number of ether oxygens (including phenoxy) is 2. The summed E-state index contributed by atoms with van der Waals surface area (Å²) < 4.78 is 11.9. The zero-order chi connectivity index (χ0) is 24.4. The van der Waals surface area contributed by atoms with Gasteiger partial charge in [0.1, 0.15) is 6.04 Å². The lowest BCUT2D eigenvalue weighted by atomic mass is 9.96. The van der Waals surface area contributed by atoms with E-state index in [1.165, 1.54) is 23.0 Å². The van der Waals surface area contributed by atoms with Gasteiger partial charge in [-0.3, -0.25) is 9.36 Å². The van der Waals surface area contributed by atoms with Crippen LogP contribution < -0.4 is 14.9 Å². The summed E-state index contributed by atoms with van der Waals surface area (Å²) in [6, 6.07) is 13.0. The highest BCUT2D eigenvalue weighted by Crippen LogP contribution is 2.34. The number of hydrogen-bond donors (Lipinski definition) is 0.